The first-order valence-electron chi connectivity index (χ1n) is 20.8. The lowest BCUT2D eigenvalue weighted by atomic mass is 9.92. The lowest BCUT2D eigenvalue weighted by molar-refractivity contribution is 1.18. The largest absolute Gasteiger partial charge is 0.309 e. The summed E-state index contributed by atoms with van der Waals surface area (Å²) in [6.07, 6.45) is 0. The van der Waals surface area contributed by atoms with E-state index in [0.29, 0.717) is 0 Å². The molecule has 3 aromatic heterocycles. The minimum atomic E-state index is 0.929. The fraction of sp³-hybridized carbons (Fsp3) is 0. The van der Waals surface area contributed by atoms with Crippen molar-refractivity contribution in [2.75, 3.05) is 0 Å². The van der Waals surface area contributed by atoms with Crippen molar-refractivity contribution < 1.29 is 0 Å². The molecule has 0 aliphatic heterocycles. The van der Waals surface area contributed by atoms with E-state index >= 15 is 0 Å². The van der Waals surface area contributed by atoms with Gasteiger partial charge in [-0.3, -0.25) is 0 Å². The van der Waals surface area contributed by atoms with Gasteiger partial charge in [-0.15, -0.1) is 0 Å². The topological polar surface area (TPSA) is 30.7 Å². The number of benzene rings is 9. The Labute approximate surface area is 353 Å². The summed E-state index contributed by atoms with van der Waals surface area (Å²) in [5.74, 6) is 0. The second kappa shape index (κ2) is 14.3. The lowest BCUT2D eigenvalue weighted by Crippen LogP contribution is -1.95. The van der Waals surface area contributed by atoms with Gasteiger partial charge in [-0.05, 0) is 63.9 Å². The summed E-state index contributed by atoms with van der Waals surface area (Å²) in [4.78, 5) is 10.8. The van der Waals surface area contributed by atoms with Crippen molar-refractivity contribution in [1.29, 1.82) is 0 Å². The summed E-state index contributed by atoms with van der Waals surface area (Å²) in [6.45, 7) is 0. The predicted molar refractivity (Wildman–Crippen MR) is 256 cm³/mol. The third-order valence-electron chi connectivity index (χ3n) is 12.2. The molecule has 0 bridgehead atoms. The smallest absolute Gasteiger partial charge is 0.0794 e. The molecule has 61 heavy (non-hydrogen) atoms. The Morgan fingerprint density at radius 3 is 1.56 bits per heavy atom. The molecule has 0 saturated heterocycles. The first kappa shape index (κ1) is 34.9. The van der Waals surface area contributed by atoms with Crippen LogP contribution in [0.1, 0.15) is 0 Å². The zero-order valence-electron chi connectivity index (χ0n) is 33.2. The van der Waals surface area contributed by atoms with Crippen LogP contribution in [0.5, 0.6) is 0 Å². The quantitative estimate of drug-likeness (QED) is 0.158. The van der Waals surface area contributed by atoms with Gasteiger partial charge in [0.1, 0.15) is 0 Å². The summed E-state index contributed by atoms with van der Waals surface area (Å²) in [6, 6.07) is 80.3. The van der Waals surface area contributed by atoms with Crippen LogP contribution in [0.25, 0.3) is 116 Å². The highest BCUT2D eigenvalue weighted by Gasteiger charge is 2.18. The maximum Gasteiger partial charge on any atom is 0.0794 e. The van der Waals surface area contributed by atoms with E-state index in [9.17, 15) is 0 Å². The molecule has 0 aliphatic carbocycles. The molecule has 0 amide bonds. The van der Waals surface area contributed by atoms with Crippen molar-refractivity contribution in [2.24, 2.45) is 0 Å². The third kappa shape index (κ3) is 5.90. The maximum atomic E-state index is 5.65. The van der Waals surface area contributed by atoms with Crippen LogP contribution in [-0.4, -0.2) is 14.5 Å². The van der Waals surface area contributed by atoms with Crippen LogP contribution < -0.4 is 0 Å². The van der Waals surface area contributed by atoms with Crippen LogP contribution in [-0.2, 0) is 0 Å². The number of fused-ring (bicyclic) bond motifs is 8. The van der Waals surface area contributed by atoms with E-state index in [1.807, 2.05) is 12.1 Å². The molecule has 0 saturated carbocycles. The molecule has 0 atom stereocenters. The van der Waals surface area contributed by atoms with Gasteiger partial charge in [0.25, 0.3) is 0 Å². The van der Waals surface area contributed by atoms with Gasteiger partial charge in [-0.1, -0.05) is 188 Å². The van der Waals surface area contributed by atoms with Gasteiger partial charge >= 0.3 is 0 Å². The number of hydrogen-bond acceptors (Lipinski definition) is 2. The zero-order valence-corrected chi connectivity index (χ0v) is 33.2. The zero-order chi connectivity index (χ0) is 40.3. The molecule has 3 heteroatoms. The SMILES string of the molecule is c1ccc(-c2cc(-c3cccc4c3nc(-c3ccc(-c5cccc(-n6c7ccccc7c7ccccc76)c5)cc3)c3ccc5ccccc5c34)cc(-c3ccccc3)n2)cc1. The van der Waals surface area contributed by atoms with Crippen molar-refractivity contribution >= 4 is 54.3 Å². The Morgan fingerprint density at radius 2 is 0.869 bits per heavy atom. The molecule has 0 N–H and O–H groups in total. The average molecular weight is 776 g/mol. The average Bonchev–Trinajstić information content (AvgIpc) is 3.68. The molecule has 284 valence electrons. The van der Waals surface area contributed by atoms with Crippen LogP contribution in [0.3, 0.4) is 0 Å². The van der Waals surface area contributed by atoms with Crippen LogP contribution >= 0.6 is 0 Å². The molecule has 0 fully saturated rings. The number of pyridine rings is 2. The van der Waals surface area contributed by atoms with E-state index in [0.717, 1.165) is 78.0 Å². The van der Waals surface area contributed by atoms with Crippen LogP contribution in [0.4, 0.5) is 0 Å². The Hall–Kier alpha value is -8.14. The summed E-state index contributed by atoms with van der Waals surface area (Å²) >= 11 is 0. The van der Waals surface area contributed by atoms with Gasteiger partial charge in [0.2, 0.25) is 0 Å². The molecule has 0 spiro atoms. The van der Waals surface area contributed by atoms with E-state index in [4.69, 9.17) is 9.97 Å². The first-order valence-corrected chi connectivity index (χ1v) is 20.8. The monoisotopic (exact) mass is 775 g/mol. The molecule has 12 rings (SSSR count). The predicted octanol–water partition coefficient (Wildman–Crippen LogP) is 15.4. The van der Waals surface area contributed by atoms with E-state index in [2.05, 4.69) is 217 Å². The molecule has 12 aromatic rings. The van der Waals surface area contributed by atoms with Gasteiger partial charge in [0.05, 0.1) is 33.6 Å². The van der Waals surface area contributed by atoms with Gasteiger partial charge in [-0.25, -0.2) is 9.97 Å². The van der Waals surface area contributed by atoms with Gasteiger partial charge in [-0.2, -0.15) is 0 Å². The number of hydrogen-bond donors (Lipinski definition) is 0. The fourth-order valence-corrected chi connectivity index (χ4v) is 9.30. The summed E-state index contributed by atoms with van der Waals surface area (Å²) in [5.41, 5.74) is 15.0. The van der Waals surface area contributed by atoms with Crippen molar-refractivity contribution in [1.82, 2.24) is 14.5 Å². The molecular formula is C58H37N3. The maximum absolute atomic E-state index is 5.65. The third-order valence-corrected chi connectivity index (χ3v) is 12.2. The van der Waals surface area contributed by atoms with E-state index < -0.39 is 0 Å². The summed E-state index contributed by atoms with van der Waals surface area (Å²) < 4.78 is 2.38. The number of aromatic nitrogens is 3. The molecular weight excluding hydrogens is 739 g/mol. The van der Waals surface area contributed by atoms with Crippen molar-refractivity contribution in [2.45, 2.75) is 0 Å². The Morgan fingerprint density at radius 1 is 0.311 bits per heavy atom. The van der Waals surface area contributed by atoms with Crippen LogP contribution in [0, 0.1) is 0 Å². The highest BCUT2D eigenvalue weighted by Crippen LogP contribution is 2.42. The lowest BCUT2D eigenvalue weighted by Gasteiger charge is -2.16. The second-order valence-corrected chi connectivity index (χ2v) is 15.7. The van der Waals surface area contributed by atoms with E-state index in [1.54, 1.807) is 0 Å². The molecule has 9 aromatic carbocycles. The highest BCUT2D eigenvalue weighted by molar-refractivity contribution is 6.24. The summed E-state index contributed by atoms with van der Waals surface area (Å²) in [7, 11) is 0. The second-order valence-electron chi connectivity index (χ2n) is 15.7. The van der Waals surface area contributed by atoms with Gasteiger partial charge in [0, 0.05) is 54.9 Å². The highest BCUT2D eigenvalue weighted by atomic mass is 15.0. The van der Waals surface area contributed by atoms with Gasteiger partial charge < -0.3 is 4.57 Å². The van der Waals surface area contributed by atoms with Crippen molar-refractivity contribution in [3.8, 4) is 61.7 Å². The van der Waals surface area contributed by atoms with Crippen molar-refractivity contribution in [3.05, 3.63) is 224 Å². The van der Waals surface area contributed by atoms with Crippen LogP contribution in [0.15, 0.2) is 224 Å². The standard InChI is InChI=1S/C58H37N3/c1-3-16-40(17-4-1)52-36-44(37-53(59-52)41-18-5-2-6-19-41)47-25-14-26-50-56-46-22-8-7-15-39(46)33-34-51(56)57(60-58(47)50)42-31-29-38(30-32-42)43-20-13-21-45(35-43)61-54-27-11-9-23-48(54)49-24-10-12-28-55(49)61/h1-37H. The molecule has 0 radical (unpaired) electrons. The van der Waals surface area contributed by atoms with E-state index in [1.165, 1.54) is 38.0 Å². The number of rotatable bonds is 6. The molecule has 0 aliphatic rings. The van der Waals surface area contributed by atoms with E-state index in [-0.39, 0.29) is 0 Å². The Bertz CT molecular complexity index is 3510. The molecule has 0 unspecified atom stereocenters. The number of nitrogens with zero attached hydrogens (tertiary/aromatic N) is 3. The Kier molecular flexibility index (Phi) is 8.17. The fourth-order valence-electron chi connectivity index (χ4n) is 9.30. The van der Waals surface area contributed by atoms with Gasteiger partial charge in [0.15, 0.2) is 0 Å². The number of para-hydroxylation sites is 3. The normalized spacial score (nSPS) is 11.6. The molecule has 3 heterocycles. The Balaban J connectivity index is 1.03. The van der Waals surface area contributed by atoms with Crippen molar-refractivity contribution in [3.63, 3.8) is 0 Å². The minimum absolute atomic E-state index is 0.929. The molecule has 3 nitrogen and oxygen atoms in total. The minimum Gasteiger partial charge on any atom is -0.309 e. The van der Waals surface area contributed by atoms with Crippen LogP contribution in [0.2, 0.25) is 0 Å². The summed E-state index contributed by atoms with van der Waals surface area (Å²) in [5, 5.41) is 8.42. The first-order chi connectivity index (χ1) is 30.2.